The number of benzene rings is 1. The van der Waals surface area contributed by atoms with Crippen molar-refractivity contribution < 1.29 is 14.6 Å². The first-order valence-corrected chi connectivity index (χ1v) is 4.63. The van der Waals surface area contributed by atoms with Crippen LogP contribution in [0.2, 0.25) is 0 Å². The lowest BCUT2D eigenvalue weighted by atomic mass is 10.4. The largest absolute Gasteiger partial charge is 0.505 e. The van der Waals surface area contributed by atoms with E-state index in [0.717, 1.165) is 12.8 Å². The van der Waals surface area contributed by atoms with Crippen molar-refractivity contribution in [2.45, 2.75) is 19.8 Å². The van der Waals surface area contributed by atoms with Crippen molar-refractivity contribution in [1.29, 1.82) is 0 Å². The lowest BCUT2D eigenvalue weighted by Crippen LogP contribution is -2.00. The summed E-state index contributed by atoms with van der Waals surface area (Å²) in [6.45, 7) is 2.30. The van der Waals surface area contributed by atoms with Crippen molar-refractivity contribution in [2.24, 2.45) is 0 Å². The molecular formula is C11H16O3. The number of carboxylic acid groups (broad SMARTS) is 1. The molecule has 0 radical (unpaired) electrons. The van der Waals surface area contributed by atoms with Crippen molar-refractivity contribution in [3.63, 3.8) is 0 Å². The average Bonchev–Trinajstić information content (AvgIpc) is 2.21. The summed E-state index contributed by atoms with van der Waals surface area (Å²) in [6.07, 6.45) is 0.595. The summed E-state index contributed by atoms with van der Waals surface area (Å²) in [5.74, 6) is 0. The maximum atomic E-state index is 9.65. The van der Waals surface area contributed by atoms with E-state index in [-0.39, 0.29) is 0 Å². The normalized spacial score (nSPS) is 8.36. The topological polar surface area (TPSA) is 46.5 Å². The number of rotatable bonds is 3. The summed E-state index contributed by atoms with van der Waals surface area (Å²) < 4.78 is 4.20. The number of unbranched alkanes of at least 4 members (excludes halogenated alkanes) is 1. The van der Waals surface area contributed by atoms with Gasteiger partial charge in [-0.25, -0.2) is 4.79 Å². The van der Waals surface area contributed by atoms with E-state index < -0.39 is 6.16 Å². The zero-order chi connectivity index (χ0) is 10.6. The molecule has 0 unspecified atom stereocenters. The first-order valence-electron chi connectivity index (χ1n) is 4.63. The second kappa shape index (κ2) is 9.58. The van der Waals surface area contributed by atoms with Crippen molar-refractivity contribution in [3.8, 4) is 0 Å². The third-order valence-electron chi connectivity index (χ3n) is 1.39. The van der Waals surface area contributed by atoms with Gasteiger partial charge in [0.25, 0.3) is 0 Å². The maximum Gasteiger partial charge on any atom is 0.505 e. The fourth-order valence-corrected chi connectivity index (χ4v) is 0.689. The van der Waals surface area contributed by atoms with Crippen molar-refractivity contribution in [2.75, 3.05) is 6.61 Å². The van der Waals surface area contributed by atoms with Gasteiger partial charge in [-0.1, -0.05) is 49.7 Å². The van der Waals surface area contributed by atoms with Crippen LogP contribution >= 0.6 is 0 Å². The zero-order valence-electron chi connectivity index (χ0n) is 8.35. The molecule has 78 valence electrons. The molecule has 14 heavy (non-hydrogen) atoms. The number of carbonyl (C=O) groups is 1. The molecule has 0 heterocycles. The number of hydrogen-bond acceptors (Lipinski definition) is 2. The van der Waals surface area contributed by atoms with E-state index in [0.29, 0.717) is 6.61 Å². The van der Waals surface area contributed by atoms with Gasteiger partial charge in [0.05, 0.1) is 6.61 Å². The second-order valence-corrected chi connectivity index (χ2v) is 2.62. The molecule has 0 saturated carbocycles. The Morgan fingerprint density at radius 3 is 1.86 bits per heavy atom. The van der Waals surface area contributed by atoms with Gasteiger partial charge in [-0.05, 0) is 6.42 Å². The highest BCUT2D eigenvalue weighted by atomic mass is 16.7. The molecule has 1 N–H and O–H groups in total. The molecule has 0 aliphatic heterocycles. The van der Waals surface area contributed by atoms with Crippen LogP contribution in [0.4, 0.5) is 4.79 Å². The van der Waals surface area contributed by atoms with Gasteiger partial charge in [0.15, 0.2) is 0 Å². The molecule has 0 spiro atoms. The van der Waals surface area contributed by atoms with E-state index in [1.54, 1.807) is 0 Å². The molecule has 0 atom stereocenters. The average molecular weight is 196 g/mol. The molecule has 0 bridgehead atoms. The number of ether oxygens (including phenoxy) is 1. The number of hydrogen-bond donors (Lipinski definition) is 1. The van der Waals surface area contributed by atoms with Crippen LogP contribution < -0.4 is 0 Å². The Hall–Kier alpha value is -1.51. The van der Waals surface area contributed by atoms with Gasteiger partial charge in [0.2, 0.25) is 0 Å². The summed E-state index contributed by atoms with van der Waals surface area (Å²) in [7, 11) is 0. The molecule has 0 aliphatic carbocycles. The minimum absolute atomic E-state index is 0.325. The van der Waals surface area contributed by atoms with E-state index in [9.17, 15) is 4.79 Å². The van der Waals surface area contributed by atoms with Crippen molar-refractivity contribution in [3.05, 3.63) is 36.4 Å². The maximum absolute atomic E-state index is 9.65. The van der Waals surface area contributed by atoms with Gasteiger partial charge in [-0.2, -0.15) is 0 Å². The van der Waals surface area contributed by atoms with Crippen LogP contribution in [-0.2, 0) is 4.74 Å². The van der Waals surface area contributed by atoms with Crippen LogP contribution in [0.5, 0.6) is 0 Å². The minimum Gasteiger partial charge on any atom is -0.450 e. The highest BCUT2D eigenvalue weighted by Crippen LogP contribution is 1.86. The van der Waals surface area contributed by atoms with E-state index in [4.69, 9.17) is 5.11 Å². The third kappa shape index (κ3) is 10.5. The Balaban J connectivity index is 0.000000249. The Morgan fingerprint density at radius 2 is 1.57 bits per heavy atom. The van der Waals surface area contributed by atoms with Crippen LogP contribution in [0.25, 0.3) is 0 Å². The van der Waals surface area contributed by atoms with Crippen LogP contribution in [0.3, 0.4) is 0 Å². The quantitative estimate of drug-likeness (QED) is 0.596. The van der Waals surface area contributed by atoms with Crippen molar-refractivity contribution in [1.82, 2.24) is 0 Å². The molecule has 1 aromatic rings. The van der Waals surface area contributed by atoms with Crippen LogP contribution in [0, 0.1) is 0 Å². The molecule has 3 heteroatoms. The molecular weight excluding hydrogens is 180 g/mol. The van der Waals surface area contributed by atoms with Gasteiger partial charge >= 0.3 is 6.16 Å². The molecule has 3 nitrogen and oxygen atoms in total. The van der Waals surface area contributed by atoms with Gasteiger partial charge in [-0.15, -0.1) is 0 Å². The lowest BCUT2D eigenvalue weighted by molar-refractivity contribution is 0.0905. The zero-order valence-corrected chi connectivity index (χ0v) is 8.35. The highest BCUT2D eigenvalue weighted by molar-refractivity contribution is 5.56. The Bertz CT molecular complexity index is 195. The predicted molar refractivity (Wildman–Crippen MR) is 55.3 cm³/mol. The van der Waals surface area contributed by atoms with E-state index >= 15 is 0 Å². The molecule has 0 fully saturated rings. The van der Waals surface area contributed by atoms with Crippen molar-refractivity contribution >= 4 is 6.16 Å². The highest BCUT2D eigenvalue weighted by Gasteiger charge is 1.91. The fourth-order valence-electron chi connectivity index (χ4n) is 0.689. The lowest BCUT2D eigenvalue weighted by Gasteiger charge is -1.94. The van der Waals surface area contributed by atoms with Gasteiger partial charge in [-0.3, -0.25) is 0 Å². The van der Waals surface area contributed by atoms with Gasteiger partial charge in [0, 0.05) is 0 Å². The first kappa shape index (κ1) is 12.5. The third-order valence-corrected chi connectivity index (χ3v) is 1.39. The standard InChI is InChI=1S/C6H6.C5H10O3/c1-2-4-6-5-3-1;1-2-3-4-8-5(6)7/h1-6H;2-4H2,1H3,(H,6,7). The Kier molecular flexibility index (Phi) is 8.54. The Labute approximate surface area is 84.3 Å². The SMILES string of the molecule is CCCCOC(=O)O.c1ccccc1. The molecule has 0 saturated heterocycles. The summed E-state index contributed by atoms with van der Waals surface area (Å²) in [4.78, 5) is 9.65. The van der Waals surface area contributed by atoms with Crippen LogP contribution in [-0.4, -0.2) is 17.9 Å². The monoisotopic (exact) mass is 196 g/mol. The van der Waals surface area contributed by atoms with Gasteiger partial charge < -0.3 is 9.84 Å². The molecule has 0 aliphatic rings. The van der Waals surface area contributed by atoms with Crippen LogP contribution in [0.15, 0.2) is 36.4 Å². The predicted octanol–water partition coefficient (Wildman–Crippen LogP) is 3.17. The van der Waals surface area contributed by atoms with E-state index in [2.05, 4.69) is 4.74 Å². The first-order chi connectivity index (χ1) is 6.77. The molecule has 0 aromatic heterocycles. The summed E-state index contributed by atoms with van der Waals surface area (Å²) in [5, 5.41) is 7.92. The molecule has 1 rings (SSSR count). The van der Waals surface area contributed by atoms with Crippen LogP contribution in [0.1, 0.15) is 19.8 Å². The van der Waals surface area contributed by atoms with Gasteiger partial charge in [0.1, 0.15) is 0 Å². The Morgan fingerprint density at radius 1 is 1.14 bits per heavy atom. The summed E-state index contributed by atoms with van der Waals surface area (Å²) in [6, 6.07) is 12.0. The van der Waals surface area contributed by atoms with E-state index in [1.165, 1.54) is 0 Å². The molecule has 1 aromatic carbocycles. The molecule has 0 amide bonds. The minimum atomic E-state index is -1.18. The summed E-state index contributed by atoms with van der Waals surface area (Å²) in [5.41, 5.74) is 0. The van der Waals surface area contributed by atoms with E-state index in [1.807, 2.05) is 43.3 Å². The second-order valence-electron chi connectivity index (χ2n) is 2.62. The smallest absolute Gasteiger partial charge is 0.450 e. The summed E-state index contributed by atoms with van der Waals surface area (Å²) >= 11 is 0. The fraction of sp³-hybridized carbons (Fsp3) is 0.364.